The maximum Gasteiger partial charge on any atom is 0.164 e. The lowest BCUT2D eigenvalue weighted by Gasteiger charge is -2.31. The van der Waals surface area contributed by atoms with Gasteiger partial charge >= 0.3 is 0 Å². The summed E-state index contributed by atoms with van der Waals surface area (Å²) in [5.74, 6) is 0.213. The van der Waals surface area contributed by atoms with Gasteiger partial charge in [-0.1, -0.05) is 30.3 Å². The zero-order valence-electron chi connectivity index (χ0n) is 20.9. The molecule has 2 atom stereocenters. The smallest absolute Gasteiger partial charge is 0.164 e. The van der Waals surface area contributed by atoms with Gasteiger partial charge in [0.2, 0.25) is 0 Å². The first-order valence-electron chi connectivity index (χ1n) is 12.1. The summed E-state index contributed by atoms with van der Waals surface area (Å²) >= 11 is 0. The number of rotatable bonds is 5. The second kappa shape index (κ2) is 8.91. The van der Waals surface area contributed by atoms with Gasteiger partial charge < -0.3 is 15.3 Å². The molecule has 4 heterocycles. The molecule has 3 N–H and O–H groups in total. The van der Waals surface area contributed by atoms with Crippen molar-refractivity contribution in [3.63, 3.8) is 0 Å². The number of H-pyrrole nitrogens is 1. The molecule has 3 aromatic heterocycles. The van der Waals surface area contributed by atoms with Crippen molar-refractivity contribution in [1.29, 1.82) is 0 Å². The molecule has 0 saturated heterocycles. The third kappa shape index (κ3) is 3.56. The minimum atomic E-state index is -0.668. The van der Waals surface area contributed by atoms with Crippen LogP contribution in [0.5, 0.6) is 5.75 Å². The normalized spacial score (nSPS) is 15.8. The summed E-state index contributed by atoms with van der Waals surface area (Å²) in [6, 6.07) is 12.9. The highest BCUT2D eigenvalue weighted by Gasteiger charge is 2.35. The molecule has 2 aromatic carbocycles. The van der Waals surface area contributed by atoms with E-state index in [1.807, 2.05) is 45.0 Å². The second-order valence-electron chi connectivity index (χ2n) is 9.28. The summed E-state index contributed by atoms with van der Waals surface area (Å²) in [5, 5.41) is 12.8. The van der Waals surface area contributed by atoms with Gasteiger partial charge in [0, 0.05) is 22.4 Å². The number of ether oxygens (including phenoxy) is 1. The number of allylic oxidation sites excluding steroid dienone is 2. The van der Waals surface area contributed by atoms with Crippen LogP contribution in [0.4, 0.5) is 10.2 Å². The number of nitrogen functional groups attached to an aromatic ring is 1. The molecule has 9 nitrogen and oxygen atoms in total. The van der Waals surface area contributed by atoms with Gasteiger partial charge in [-0.25, -0.2) is 19.0 Å². The van der Waals surface area contributed by atoms with Crippen molar-refractivity contribution in [2.45, 2.75) is 32.7 Å². The number of aldehydes is 1. The molecule has 0 saturated carbocycles. The van der Waals surface area contributed by atoms with Gasteiger partial charge in [-0.05, 0) is 44.5 Å². The molecule has 6 rings (SSSR count). The first kappa shape index (κ1) is 23.5. The molecule has 0 amide bonds. The summed E-state index contributed by atoms with van der Waals surface area (Å²) in [6.45, 7) is 5.69. The van der Waals surface area contributed by atoms with Crippen LogP contribution in [0.2, 0.25) is 0 Å². The van der Waals surface area contributed by atoms with E-state index < -0.39 is 17.8 Å². The zero-order valence-corrected chi connectivity index (χ0v) is 20.9. The Kier molecular flexibility index (Phi) is 5.52. The molecule has 5 aromatic rings. The lowest BCUT2D eigenvalue weighted by atomic mass is 9.83. The number of hydrogen-bond donors (Lipinski definition) is 2. The summed E-state index contributed by atoms with van der Waals surface area (Å²) in [7, 11) is 0. The molecule has 0 radical (unpaired) electrons. The number of aromatic nitrogens is 6. The third-order valence-electron chi connectivity index (χ3n) is 6.95. The van der Waals surface area contributed by atoms with E-state index >= 15 is 0 Å². The van der Waals surface area contributed by atoms with Crippen molar-refractivity contribution in [2.75, 3.05) is 5.73 Å². The molecular formula is C28H24FN7O2. The SMILES string of the molecule is Cc1n[nH]c(C)c1-c1nn(C(C)C2=C(c3cccc(F)c3)C(C=O)c3ccccc3O2)c2ncnc(N)c12. The lowest BCUT2D eigenvalue weighted by molar-refractivity contribution is -0.108. The fraction of sp³-hybridized carbons (Fsp3) is 0.179. The maximum absolute atomic E-state index is 14.4. The molecule has 190 valence electrons. The van der Waals surface area contributed by atoms with Gasteiger partial charge in [-0.3, -0.25) is 5.10 Å². The molecule has 0 aliphatic carbocycles. The van der Waals surface area contributed by atoms with Crippen LogP contribution in [0.1, 0.15) is 41.4 Å². The van der Waals surface area contributed by atoms with Crippen molar-refractivity contribution in [3.8, 4) is 17.0 Å². The number of halogens is 1. The minimum Gasteiger partial charge on any atom is -0.459 e. The number of nitrogens with two attached hydrogens (primary N) is 1. The summed E-state index contributed by atoms with van der Waals surface area (Å²) < 4.78 is 22.5. The Hall–Kier alpha value is -4.86. The number of carbonyl (C=O) groups is 1. The van der Waals surface area contributed by atoms with Crippen molar-refractivity contribution < 1.29 is 13.9 Å². The Balaban J connectivity index is 1.62. The average molecular weight is 510 g/mol. The summed E-state index contributed by atoms with van der Waals surface area (Å²) in [4.78, 5) is 21.2. The maximum atomic E-state index is 14.4. The lowest BCUT2D eigenvalue weighted by Crippen LogP contribution is -2.23. The number of anilines is 1. The van der Waals surface area contributed by atoms with E-state index in [2.05, 4.69) is 20.2 Å². The first-order chi connectivity index (χ1) is 18.4. The van der Waals surface area contributed by atoms with Crippen LogP contribution < -0.4 is 10.5 Å². The fourth-order valence-corrected chi connectivity index (χ4v) is 5.19. The molecule has 0 bridgehead atoms. The van der Waals surface area contributed by atoms with Crippen LogP contribution in [0.15, 0.2) is 60.6 Å². The predicted molar refractivity (Wildman–Crippen MR) is 141 cm³/mol. The van der Waals surface area contributed by atoms with E-state index in [1.54, 1.807) is 16.8 Å². The minimum absolute atomic E-state index is 0.281. The number of fused-ring (bicyclic) bond motifs is 2. The quantitative estimate of drug-likeness (QED) is 0.323. The number of benzene rings is 2. The summed E-state index contributed by atoms with van der Waals surface area (Å²) in [5.41, 5.74) is 11.6. The number of aromatic amines is 1. The molecule has 0 spiro atoms. The zero-order chi connectivity index (χ0) is 26.6. The number of nitrogens with zero attached hydrogens (tertiary/aromatic N) is 5. The molecule has 1 aliphatic heterocycles. The Morgan fingerprint density at radius 3 is 2.71 bits per heavy atom. The van der Waals surface area contributed by atoms with Crippen LogP contribution in [-0.4, -0.2) is 36.2 Å². The number of hydrogen-bond acceptors (Lipinski definition) is 7. The monoisotopic (exact) mass is 509 g/mol. The molecule has 0 fully saturated rings. The highest BCUT2D eigenvalue weighted by molar-refractivity contribution is 5.99. The van der Waals surface area contributed by atoms with E-state index in [0.29, 0.717) is 44.9 Å². The molecule has 38 heavy (non-hydrogen) atoms. The predicted octanol–water partition coefficient (Wildman–Crippen LogP) is 4.90. The molecule has 2 unspecified atom stereocenters. The number of para-hydroxylation sites is 1. The molecule has 1 aliphatic rings. The fourth-order valence-electron chi connectivity index (χ4n) is 5.19. The third-order valence-corrected chi connectivity index (χ3v) is 6.95. The average Bonchev–Trinajstić information content (AvgIpc) is 3.46. The number of carbonyl (C=O) groups excluding carboxylic acids is 1. The van der Waals surface area contributed by atoms with Gasteiger partial charge in [0.15, 0.2) is 5.65 Å². The number of nitrogens with one attached hydrogen (secondary N) is 1. The Labute approximate surface area is 217 Å². The van der Waals surface area contributed by atoms with Gasteiger partial charge in [0.1, 0.15) is 47.5 Å². The highest BCUT2D eigenvalue weighted by atomic mass is 19.1. The van der Waals surface area contributed by atoms with Crippen LogP contribution in [0.25, 0.3) is 27.9 Å². The molecule has 10 heteroatoms. The van der Waals surface area contributed by atoms with Crippen LogP contribution in [0.3, 0.4) is 0 Å². The van der Waals surface area contributed by atoms with E-state index in [9.17, 15) is 9.18 Å². The Bertz CT molecular complexity index is 1730. The number of aryl methyl sites for hydroxylation is 2. The van der Waals surface area contributed by atoms with Crippen molar-refractivity contribution in [1.82, 2.24) is 29.9 Å². The van der Waals surface area contributed by atoms with E-state index in [-0.39, 0.29) is 5.82 Å². The largest absolute Gasteiger partial charge is 0.459 e. The topological polar surface area (TPSA) is 125 Å². The summed E-state index contributed by atoms with van der Waals surface area (Å²) in [6.07, 6.45) is 2.24. The van der Waals surface area contributed by atoms with Gasteiger partial charge in [0.25, 0.3) is 0 Å². The van der Waals surface area contributed by atoms with Crippen molar-refractivity contribution in [3.05, 3.63) is 88.9 Å². The van der Waals surface area contributed by atoms with Gasteiger partial charge in [-0.15, -0.1) is 0 Å². The van der Waals surface area contributed by atoms with Gasteiger partial charge in [-0.2, -0.15) is 10.2 Å². The highest BCUT2D eigenvalue weighted by Crippen LogP contribution is 2.46. The molecular weight excluding hydrogens is 485 g/mol. The van der Waals surface area contributed by atoms with Crippen molar-refractivity contribution >= 4 is 28.7 Å². The van der Waals surface area contributed by atoms with Crippen LogP contribution >= 0.6 is 0 Å². The van der Waals surface area contributed by atoms with Crippen LogP contribution in [0, 0.1) is 19.7 Å². The Morgan fingerprint density at radius 1 is 1.16 bits per heavy atom. The van der Waals surface area contributed by atoms with E-state index in [0.717, 1.165) is 23.2 Å². The Morgan fingerprint density at radius 2 is 1.97 bits per heavy atom. The first-order valence-corrected chi connectivity index (χ1v) is 12.1. The van der Waals surface area contributed by atoms with Crippen molar-refractivity contribution in [2.24, 2.45) is 0 Å². The van der Waals surface area contributed by atoms with E-state index in [4.69, 9.17) is 15.6 Å². The van der Waals surface area contributed by atoms with Crippen LogP contribution in [-0.2, 0) is 4.79 Å². The van der Waals surface area contributed by atoms with Gasteiger partial charge in [0.05, 0.1) is 17.0 Å². The standard InChI is InChI=1S/C28H24FN7O2/c1-14-22(15(2)34-33-14)25-24-27(30)31-13-32-28(24)36(35-25)16(3)26-23(17-7-6-8-18(29)11-17)20(12-37)19-9-4-5-10-21(19)38-26/h4-13,16,20H,1-3H3,(H,33,34)(H2,30,31,32). The second-order valence-corrected chi connectivity index (χ2v) is 9.28. The van der Waals surface area contributed by atoms with E-state index in [1.165, 1.54) is 18.5 Å².